The van der Waals surface area contributed by atoms with Crippen LogP contribution in [0.25, 0.3) is 21.7 Å². The molecule has 0 aliphatic heterocycles. The molecule has 0 aliphatic carbocycles. The van der Waals surface area contributed by atoms with Crippen LogP contribution in [-0.2, 0) is 4.74 Å². The van der Waals surface area contributed by atoms with E-state index < -0.39 is 11.6 Å². The molecule has 0 bridgehead atoms. The summed E-state index contributed by atoms with van der Waals surface area (Å²) in [6, 6.07) is 5.26. The minimum atomic E-state index is -0.558. The molecule has 2 aromatic heterocycles. The minimum Gasteiger partial charge on any atom is -0.493 e. The SMILES string of the molecule is CCOC(=O)c1c(C)nc(C)c2c(=O)oc3c(OC)cccc3c12. The summed E-state index contributed by atoms with van der Waals surface area (Å²) in [6.45, 7) is 5.40. The van der Waals surface area contributed by atoms with Crippen molar-refractivity contribution in [1.29, 1.82) is 0 Å². The largest absolute Gasteiger partial charge is 0.493 e. The van der Waals surface area contributed by atoms with Gasteiger partial charge in [0.25, 0.3) is 0 Å². The van der Waals surface area contributed by atoms with Crippen LogP contribution in [0.3, 0.4) is 0 Å². The summed E-state index contributed by atoms with van der Waals surface area (Å²) in [5.74, 6) is -0.0874. The summed E-state index contributed by atoms with van der Waals surface area (Å²) in [7, 11) is 1.49. The molecule has 0 saturated carbocycles. The third-order valence-corrected chi connectivity index (χ3v) is 3.91. The molecule has 2 heterocycles. The van der Waals surface area contributed by atoms with Gasteiger partial charge in [-0.2, -0.15) is 0 Å². The van der Waals surface area contributed by atoms with Crippen LogP contribution in [0.2, 0.25) is 0 Å². The van der Waals surface area contributed by atoms with Gasteiger partial charge in [-0.15, -0.1) is 0 Å². The van der Waals surface area contributed by atoms with E-state index in [0.717, 1.165) is 0 Å². The highest BCUT2D eigenvalue weighted by Crippen LogP contribution is 2.33. The second kappa shape index (κ2) is 5.96. The topological polar surface area (TPSA) is 78.6 Å². The maximum atomic E-state index is 12.5. The van der Waals surface area contributed by atoms with E-state index in [0.29, 0.717) is 33.5 Å². The molecule has 3 aromatic rings. The third kappa shape index (κ3) is 2.31. The molecular formula is C18H17NO5. The fourth-order valence-electron chi connectivity index (χ4n) is 2.94. The lowest BCUT2D eigenvalue weighted by Crippen LogP contribution is -2.13. The van der Waals surface area contributed by atoms with Gasteiger partial charge in [0.2, 0.25) is 0 Å². The Morgan fingerprint density at radius 1 is 1.21 bits per heavy atom. The third-order valence-electron chi connectivity index (χ3n) is 3.91. The summed E-state index contributed by atoms with van der Waals surface area (Å²) in [5.41, 5.74) is 1.04. The zero-order valence-corrected chi connectivity index (χ0v) is 13.9. The minimum absolute atomic E-state index is 0.232. The fraction of sp³-hybridized carbons (Fsp3) is 0.278. The summed E-state index contributed by atoms with van der Waals surface area (Å²) in [6.07, 6.45) is 0. The maximum Gasteiger partial charge on any atom is 0.346 e. The molecule has 0 N–H and O–H groups in total. The Balaban J connectivity index is 2.60. The van der Waals surface area contributed by atoms with Crippen LogP contribution in [0.1, 0.15) is 28.7 Å². The van der Waals surface area contributed by atoms with Gasteiger partial charge in [-0.25, -0.2) is 9.59 Å². The van der Waals surface area contributed by atoms with E-state index >= 15 is 0 Å². The van der Waals surface area contributed by atoms with E-state index in [1.54, 1.807) is 39.0 Å². The van der Waals surface area contributed by atoms with Gasteiger partial charge in [-0.05, 0) is 26.8 Å². The maximum absolute atomic E-state index is 12.5. The van der Waals surface area contributed by atoms with Crippen molar-refractivity contribution in [3.05, 3.63) is 45.6 Å². The highest BCUT2D eigenvalue weighted by Gasteiger charge is 2.23. The van der Waals surface area contributed by atoms with E-state index in [-0.39, 0.29) is 17.6 Å². The van der Waals surface area contributed by atoms with Gasteiger partial charge >= 0.3 is 11.6 Å². The van der Waals surface area contributed by atoms with Crippen LogP contribution in [0.5, 0.6) is 5.75 Å². The van der Waals surface area contributed by atoms with Gasteiger partial charge in [-0.3, -0.25) is 4.98 Å². The number of pyridine rings is 1. The normalized spacial score (nSPS) is 11.0. The number of benzene rings is 1. The first kappa shape index (κ1) is 16.0. The molecule has 0 fully saturated rings. The second-order valence-electron chi connectivity index (χ2n) is 5.35. The molecular weight excluding hydrogens is 310 g/mol. The number of hydrogen-bond acceptors (Lipinski definition) is 6. The van der Waals surface area contributed by atoms with Gasteiger partial charge in [0.05, 0.1) is 36.1 Å². The molecule has 0 radical (unpaired) electrons. The number of aromatic nitrogens is 1. The Hall–Kier alpha value is -2.89. The van der Waals surface area contributed by atoms with Crippen molar-refractivity contribution in [1.82, 2.24) is 4.98 Å². The van der Waals surface area contributed by atoms with E-state index in [9.17, 15) is 9.59 Å². The van der Waals surface area contributed by atoms with Crippen LogP contribution in [0.15, 0.2) is 27.4 Å². The predicted molar refractivity (Wildman–Crippen MR) is 89.8 cm³/mol. The Bertz CT molecular complexity index is 1020. The lowest BCUT2D eigenvalue weighted by atomic mass is 10.00. The molecule has 6 heteroatoms. The molecule has 6 nitrogen and oxygen atoms in total. The molecule has 0 spiro atoms. The van der Waals surface area contributed by atoms with E-state index in [1.165, 1.54) is 7.11 Å². The number of carbonyl (C=O) groups excluding carboxylic acids is 1. The molecule has 0 atom stereocenters. The van der Waals surface area contributed by atoms with Crippen LogP contribution in [0, 0.1) is 13.8 Å². The van der Waals surface area contributed by atoms with Gasteiger partial charge in [0.15, 0.2) is 11.3 Å². The number of rotatable bonds is 3. The number of fused-ring (bicyclic) bond motifs is 3. The van der Waals surface area contributed by atoms with Crippen LogP contribution >= 0.6 is 0 Å². The van der Waals surface area contributed by atoms with Gasteiger partial charge in [-0.1, -0.05) is 12.1 Å². The van der Waals surface area contributed by atoms with Crippen molar-refractivity contribution in [2.24, 2.45) is 0 Å². The first-order valence-corrected chi connectivity index (χ1v) is 7.57. The summed E-state index contributed by atoms with van der Waals surface area (Å²) < 4.78 is 15.9. The number of ether oxygens (including phenoxy) is 2. The Morgan fingerprint density at radius 3 is 2.62 bits per heavy atom. The van der Waals surface area contributed by atoms with Crippen LogP contribution < -0.4 is 10.4 Å². The zero-order chi connectivity index (χ0) is 17.4. The Morgan fingerprint density at radius 2 is 1.96 bits per heavy atom. The lowest BCUT2D eigenvalue weighted by molar-refractivity contribution is 0.0527. The number of esters is 1. The number of nitrogens with zero attached hydrogens (tertiary/aromatic N) is 1. The molecule has 124 valence electrons. The van der Waals surface area contributed by atoms with E-state index in [2.05, 4.69) is 4.98 Å². The first-order valence-electron chi connectivity index (χ1n) is 7.57. The Kier molecular flexibility index (Phi) is 3.97. The zero-order valence-electron chi connectivity index (χ0n) is 13.9. The molecule has 0 amide bonds. The highest BCUT2D eigenvalue weighted by molar-refractivity contribution is 6.16. The van der Waals surface area contributed by atoms with Gasteiger partial charge in [0.1, 0.15) is 0 Å². The monoisotopic (exact) mass is 327 g/mol. The van der Waals surface area contributed by atoms with E-state index in [4.69, 9.17) is 13.9 Å². The predicted octanol–water partition coefficient (Wildman–Crippen LogP) is 3.14. The van der Waals surface area contributed by atoms with Crippen molar-refractivity contribution in [3.63, 3.8) is 0 Å². The van der Waals surface area contributed by atoms with Gasteiger partial charge in [0, 0.05) is 10.8 Å². The molecule has 0 aliphatic rings. The second-order valence-corrected chi connectivity index (χ2v) is 5.35. The van der Waals surface area contributed by atoms with Crippen molar-refractivity contribution >= 4 is 27.7 Å². The molecule has 0 saturated heterocycles. The number of para-hydroxylation sites is 1. The number of carbonyl (C=O) groups is 1. The smallest absolute Gasteiger partial charge is 0.346 e. The molecule has 1 aromatic carbocycles. The van der Waals surface area contributed by atoms with Crippen LogP contribution in [-0.4, -0.2) is 24.7 Å². The van der Waals surface area contributed by atoms with Crippen molar-refractivity contribution < 1.29 is 18.7 Å². The number of hydrogen-bond donors (Lipinski definition) is 0. The number of aryl methyl sites for hydroxylation is 2. The summed E-state index contributed by atoms with van der Waals surface area (Å²) in [5, 5.41) is 1.38. The van der Waals surface area contributed by atoms with E-state index in [1.807, 2.05) is 0 Å². The average Bonchev–Trinajstić information content (AvgIpc) is 2.54. The van der Waals surface area contributed by atoms with Crippen molar-refractivity contribution in [2.45, 2.75) is 20.8 Å². The summed E-state index contributed by atoms with van der Waals surface area (Å²) in [4.78, 5) is 29.3. The van der Waals surface area contributed by atoms with Crippen molar-refractivity contribution in [3.8, 4) is 5.75 Å². The average molecular weight is 327 g/mol. The fourth-order valence-corrected chi connectivity index (χ4v) is 2.94. The summed E-state index contributed by atoms with van der Waals surface area (Å²) >= 11 is 0. The quantitative estimate of drug-likeness (QED) is 0.418. The molecule has 0 unspecified atom stereocenters. The molecule has 24 heavy (non-hydrogen) atoms. The highest BCUT2D eigenvalue weighted by atomic mass is 16.5. The van der Waals surface area contributed by atoms with Gasteiger partial charge < -0.3 is 13.9 Å². The Labute approximate surface area is 138 Å². The van der Waals surface area contributed by atoms with Crippen LogP contribution in [0.4, 0.5) is 0 Å². The van der Waals surface area contributed by atoms with Crippen molar-refractivity contribution in [2.75, 3.05) is 13.7 Å². The standard InChI is InChI=1S/C18H17NO5/c1-5-23-17(20)13-9(2)19-10(3)14-15(13)11-7-6-8-12(22-4)16(11)24-18(14)21/h6-8H,5H2,1-4H3. The first-order chi connectivity index (χ1) is 11.5. The number of methoxy groups -OCH3 is 1. The molecule has 3 rings (SSSR count). The lowest BCUT2D eigenvalue weighted by Gasteiger charge is -2.13.